The molecule has 27 heavy (non-hydrogen) atoms. The normalized spacial score (nSPS) is 13.5. The van der Waals surface area contributed by atoms with Gasteiger partial charge >= 0.3 is 6.09 Å². The first-order valence-electron chi connectivity index (χ1n) is 8.31. The number of hydrogen-bond donors (Lipinski definition) is 1. The first kappa shape index (κ1) is 18.5. The molecule has 1 aliphatic heterocycles. The molecule has 0 atom stereocenters. The highest BCUT2D eigenvalue weighted by Gasteiger charge is 2.36. The standard InChI is InChI=1S/C19H19N3O5/c1-19(2,3)27-18(25)21-15-10-6-7-12(20-15)11-26-22-16(23)13-8-4-5-9-14(13)17(22)24/h4-10H,11H2,1-3H3,(H,20,21,25). The Hall–Kier alpha value is -3.26. The molecule has 0 fully saturated rings. The van der Waals surface area contributed by atoms with Gasteiger partial charge in [-0.3, -0.25) is 19.7 Å². The number of aromatic nitrogens is 1. The Bertz CT molecular complexity index is 869. The monoisotopic (exact) mass is 369 g/mol. The number of amides is 3. The number of hydrogen-bond acceptors (Lipinski definition) is 6. The predicted molar refractivity (Wildman–Crippen MR) is 95.8 cm³/mol. The molecule has 0 spiro atoms. The number of imide groups is 1. The fourth-order valence-corrected chi connectivity index (χ4v) is 2.45. The lowest BCUT2D eigenvalue weighted by molar-refractivity contribution is -0.101. The van der Waals surface area contributed by atoms with Gasteiger partial charge in [-0.05, 0) is 45.0 Å². The highest BCUT2D eigenvalue weighted by Crippen LogP contribution is 2.23. The third kappa shape index (κ3) is 4.29. The molecule has 0 bridgehead atoms. The second kappa shape index (κ2) is 7.16. The number of nitrogens with one attached hydrogen (secondary N) is 1. The largest absolute Gasteiger partial charge is 0.444 e. The molecule has 0 unspecified atom stereocenters. The first-order chi connectivity index (χ1) is 12.7. The van der Waals surface area contributed by atoms with Crippen LogP contribution in [0.1, 0.15) is 47.2 Å². The number of benzene rings is 1. The van der Waals surface area contributed by atoms with Gasteiger partial charge < -0.3 is 4.74 Å². The van der Waals surface area contributed by atoms with Crippen LogP contribution in [0.15, 0.2) is 42.5 Å². The molecule has 1 N–H and O–H groups in total. The SMILES string of the molecule is CC(C)(C)OC(=O)Nc1cccc(CON2C(=O)c3ccccc3C2=O)n1. The molecule has 2 heterocycles. The average molecular weight is 369 g/mol. The van der Waals surface area contributed by atoms with Crippen LogP contribution in [-0.4, -0.2) is 33.6 Å². The van der Waals surface area contributed by atoms with E-state index in [1.807, 2.05) is 0 Å². The summed E-state index contributed by atoms with van der Waals surface area (Å²) in [4.78, 5) is 45.9. The highest BCUT2D eigenvalue weighted by molar-refractivity contribution is 6.20. The number of pyridine rings is 1. The zero-order valence-corrected chi connectivity index (χ0v) is 15.2. The maximum absolute atomic E-state index is 12.3. The number of nitrogens with zero attached hydrogens (tertiary/aromatic N) is 2. The summed E-state index contributed by atoms with van der Waals surface area (Å²) >= 11 is 0. The minimum Gasteiger partial charge on any atom is -0.444 e. The van der Waals surface area contributed by atoms with Crippen molar-refractivity contribution in [2.45, 2.75) is 33.0 Å². The van der Waals surface area contributed by atoms with Crippen molar-refractivity contribution in [1.82, 2.24) is 10.0 Å². The van der Waals surface area contributed by atoms with Crippen molar-refractivity contribution >= 4 is 23.7 Å². The first-order valence-corrected chi connectivity index (χ1v) is 8.31. The van der Waals surface area contributed by atoms with Gasteiger partial charge in [-0.25, -0.2) is 9.78 Å². The zero-order valence-electron chi connectivity index (χ0n) is 15.2. The Balaban J connectivity index is 1.63. The summed E-state index contributed by atoms with van der Waals surface area (Å²) in [5.41, 5.74) is 0.405. The van der Waals surface area contributed by atoms with Gasteiger partial charge in [0.15, 0.2) is 0 Å². The van der Waals surface area contributed by atoms with Crippen molar-refractivity contribution in [1.29, 1.82) is 0 Å². The van der Waals surface area contributed by atoms with Crippen LogP contribution in [0, 0.1) is 0 Å². The Morgan fingerprint density at radius 3 is 2.26 bits per heavy atom. The van der Waals surface area contributed by atoms with E-state index in [1.165, 1.54) is 0 Å². The topological polar surface area (TPSA) is 97.8 Å². The summed E-state index contributed by atoms with van der Waals surface area (Å²) < 4.78 is 5.17. The highest BCUT2D eigenvalue weighted by atomic mass is 16.7. The minimum atomic E-state index is -0.631. The van der Waals surface area contributed by atoms with E-state index < -0.39 is 23.5 Å². The molecular formula is C19H19N3O5. The summed E-state index contributed by atoms with van der Waals surface area (Å²) in [5.74, 6) is -0.759. The second-order valence-corrected chi connectivity index (χ2v) is 6.86. The number of carbonyl (C=O) groups is 3. The van der Waals surface area contributed by atoms with Crippen molar-refractivity contribution < 1.29 is 24.0 Å². The van der Waals surface area contributed by atoms with Gasteiger partial charge in [0.1, 0.15) is 18.0 Å². The Morgan fingerprint density at radius 2 is 1.67 bits per heavy atom. The molecule has 1 aromatic heterocycles. The molecule has 0 radical (unpaired) electrons. The van der Waals surface area contributed by atoms with Crippen LogP contribution in [0.5, 0.6) is 0 Å². The molecule has 1 aliphatic rings. The van der Waals surface area contributed by atoms with Gasteiger partial charge in [0, 0.05) is 0 Å². The maximum atomic E-state index is 12.3. The molecule has 2 aromatic rings. The molecule has 0 saturated carbocycles. The lowest BCUT2D eigenvalue weighted by Crippen LogP contribution is -2.30. The van der Waals surface area contributed by atoms with Gasteiger partial charge in [-0.2, -0.15) is 0 Å². The van der Waals surface area contributed by atoms with E-state index in [4.69, 9.17) is 9.57 Å². The molecule has 8 heteroatoms. The zero-order chi connectivity index (χ0) is 19.6. The van der Waals surface area contributed by atoms with Crippen molar-refractivity contribution in [3.63, 3.8) is 0 Å². The van der Waals surface area contributed by atoms with Crippen LogP contribution in [0.3, 0.4) is 0 Å². The van der Waals surface area contributed by atoms with Crippen molar-refractivity contribution in [2.75, 3.05) is 5.32 Å². The quantitative estimate of drug-likeness (QED) is 0.832. The summed E-state index contributed by atoms with van der Waals surface area (Å²) in [5, 5.41) is 3.25. The average Bonchev–Trinajstić information content (AvgIpc) is 2.83. The molecule has 140 valence electrons. The van der Waals surface area contributed by atoms with E-state index in [9.17, 15) is 14.4 Å². The van der Waals surface area contributed by atoms with E-state index in [-0.39, 0.29) is 12.4 Å². The van der Waals surface area contributed by atoms with Crippen molar-refractivity contribution in [3.8, 4) is 0 Å². The van der Waals surface area contributed by atoms with Crippen molar-refractivity contribution in [3.05, 3.63) is 59.3 Å². The lowest BCUT2D eigenvalue weighted by atomic mass is 10.1. The van der Waals surface area contributed by atoms with E-state index in [1.54, 1.807) is 63.2 Å². The second-order valence-electron chi connectivity index (χ2n) is 6.86. The van der Waals surface area contributed by atoms with Crippen LogP contribution in [0.25, 0.3) is 0 Å². The Kier molecular flexibility index (Phi) is 4.91. The predicted octanol–water partition coefficient (Wildman–Crippen LogP) is 3.16. The molecule has 0 aliphatic carbocycles. The van der Waals surface area contributed by atoms with Crippen LogP contribution < -0.4 is 5.32 Å². The number of hydroxylamine groups is 2. The van der Waals surface area contributed by atoms with Crippen LogP contribution >= 0.6 is 0 Å². The molecule has 8 nitrogen and oxygen atoms in total. The minimum absolute atomic E-state index is 0.116. The summed E-state index contributed by atoms with van der Waals surface area (Å²) in [6.07, 6.45) is -0.631. The molecular weight excluding hydrogens is 350 g/mol. The smallest absolute Gasteiger partial charge is 0.413 e. The van der Waals surface area contributed by atoms with Crippen molar-refractivity contribution in [2.24, 2.45) is 0 Å². The van der Waals surface area contributed by atoms with Crippen LogP contribution in [0.2, 0.25) is 0 Å². The number of ether oxygens (including phenoxy) is 1. The van der Waals surface area contributed by atoms with E-state index >= 15 is 0 Å². The van der Waals surface area contributed by atoms with E-state index in [0.717, 1.165) is 5.06 Å². The Labute approximate surface area is 156 Å². The summed E-state index contributed by atoms with van der Waals surface area (Å²) in [7, 11) is 0. The maximum Gasteiger partial charge on any atom is 0.413 e. The number of fused-ring (bicyclic) bond motifs is 1. The Morgan fingerprint density at radius 1 is 1.04 bits per heavy atom. The van der Waals surface area contributed by atoms with E-state index in [2.05, 4.69) is 10.3 Å². The molecule has 1 aromatic carbocycles. The fraction of sp³-hybridized carbons (Fsp3) is 0.263. The van der Waals surface area contributed by atoms with Gasteiger partial charge in [-0.15, -0.1) is 5.06 Å². The van der Waals surface area contributed by atoms with Gasteiger partial charge in [0.2, 0.25) is 0 Å². The number of carbonyl (C=O) groups excluding carboxylic acids is 3. The number of anilines is 1. The number of rotatable bonds is 4. The summed E-state index contributed by atoms with van der Waals surface area (Å²) in [6, 6.07) is 11.4. The third-order valence-corrected chi connectivity index (χ3v) is 3.53. The van der Waals surface area contributed by atoms with Gasteiger partial charge in [-0.1, -0.05) is 18.2 Å². The van der Waals surface area contributed by atoms with E-state index in [0.29, 0.717) is 16.8 Å². The molecule has 3 rings (SSSR count). The molecule has 3 amide bonds. The molecule has 0 saturated heterocycles. The van der Waals surface area contributed by atoms with Crippen LogP contribution in [0.4, 0.5) is 10.6 Å². The lowest BCUT2D eigenvalue weighted by Gasteiger charge is -2.19. The van der Waals surface area contributed by atoms with Gasteiger partial charge in [0.05, 0.1) is 16.8 Å². The summed E-state index contributed by atoms with van der Waals surface area (Å²) in [6.45, 7) is 5.15. The third-order valence-electron chi connectivity index (χ3n) is 3.53. The van der Waals surface area contributed by atoms with Gasteiger partial charge in [0.25, 0.3) is 11.8 Å². The van der Waals surface area contributed by atoms with Crippen LogP contribution in [-0.2, 0) is 16.2 Å². The fourth-order valence-electron chi connectivity index (χ4n) is 2.45.